The molecule has 116 valence electrons. The van der Waals surface area contributed by atoms with E-state index in [0.29, 0.717) is 19.1 Å². The first-order chi connectivity index (χ1) is 9.13. The molecule has 0 aliphatic heterocycles. The molecule has 7 heteroatoms. The highest BCUT2D eigenvalue weighted by atomic mass is 127. The average Bonchev–Trinajstić information content (AvgIpc) is 2.78. The second kappa shape index (κ2) is 10.9. The summed E-state index contributed by atoms with van der Waals surface area (Å²) in [6.45, 7) is 7.21. The molecule has 0 aromatic carbocycles. The lowest BCUT2D eigenvalue weighted by Gasteiger charge is -2.12. The molecule has 0 saturated carbocycles. The predicted octanol–water partition coefficient (Wildman–Crippen LogP) is 1.38. The Kier molecular flexibility index (Phi) is 10.4. The van der Waals surface area contributed by atoms with E-state index in [-0.39, 0.29) is 24.0 Å². The van der Waals surface area contributed by atoms with Crippen molar-refractivity contribution >= 4 is 29.9 Å². The summed E-state index contributed by atoms with van der Waals surface area (Å²) in [5, 5.41) is 10.6. The van der Waals surface area contributed by atoms with Gasteiger partial charge in [0.15, 0.2) is 5.96 Å². The topological polar surface area (TPSA) is 63.5 Å². The number of hydrogen-bond donors (Lipinski definition) is 2. The quantitative estimate of drug-likeness (QED) is 0.317. The summed E-state index contributed by atoms with van der Waals surface area (Å²) in [6, 6.07) is 1.98. The van der Waals surface area contributed by atoms with Crippen LogP contribution in [0.3, 0.4) is 0 Å². The number of nitrogens with one attached hydrogen (secondary N) is 2. The van der Waals surface area contributed by atoms with Gasteiger partial charge in [-0.05, 0) is 12.0 Å². The number of rotatable bonds is 7. The van der Waals surface area contributed by atoms with E-state index in [4.69, 9.17) is 4.74 Å². The Balaban J connectivity index is 0.00000361. The van der Waals surface area contributed by atoms with Crippen LogP contribution >= 0.6 is 24.0 Å². The Hall–Kier alpha value is -0.830. The smallest absolute Gasteiger partial charge is 0.191 e. The molecule has 2 N–H and O–H groups in total. The predicted molar refractivity (Wildman–Crippen MR) is 92.5 cm³/mol. The Labute approximate surface area is 138 Å². The van der Waals surface area contributed by atoms with Crippen LogP contribution in [0.15, 0.2) is 17.3 Å². The largest absolute Gasteiger partial charge is 0.379 e. The first-order valence-corrected chi connectivity index (χ1v) is 6.62. The van der Waals surface area contributed by atoms with Crippen LogP contribution in [-0.4, -0.2) is 42.5 Å². The average molecular weight is 395 g/mol. The molecule has 0 atom stereocenters. The third-order valence-electron chi connectivity index (χ3n) is 2.57. The molecule has 1 aromatic rings. The molecule has 0 aliphatic carbocycles. The van der Waals surface area contributed by atoms with Crippen LogP contribution in [0.1, 0.15) is 19.5 Å². The summed E-state index contributed by atoms with van der Waals surface area (Å²) in [7, 11) is 3.68. The summed E-state index contributed by atoms with van der Waals surface area (Å²) in [4.78, 5) is 4.16. The molecule has 0 saturated heterocycles. The molecule has 0 spiro atoms. The summed E-state index contributed by atoms with van der Waals surface area (Å²) < 4.78 is 7.34. The van der Waals surface area contributed by atoms with E-state index in [0.717, 1.165) is 24.8 Å². The Morgan fingerprint density at radius 2 is 2.20 bits per heavy atom. The zero-order chi connectivity index (χ0) is 14.1. The van der Waals surface area contributed by atoms with Crippen LogP contribution in [0.4, 0.5) is 0 Å². The Morgan fingerprint density at radius 1 is 1.45 bits per heavy atom. The minimum Gasteiger partial charge on any atom is -0.379 e. The molecule has 1 heterocycles. The second-order valence-corrected chi connectivity index (χ2v) is 4.77. The van der Waals surface area contributed by atoms with E-state index < -0.39 is 0 Å². The number of halogens is 1. The highest BCUT2D eigenvalue weighted by molar-refractivity contribution is 14.0. The van der Waals surface area contributed by atoms with Crippen LogP contribution in [0.2, 0.25) is 0 Å². The molecule has 20 heavy (non-hydrogen) atoms. The molecule has 1 aromatic heterocycles. The van der Waals surface area contributed by atoms with Crippen molar-refractivity contribution in [3.05, 3.63) is 18.0 Å². The van der Waals surface area contributed by atoms with Gasteiger partial charge in [0.2, 0.25) is 0 Å². The van der Waals surface area contributed by atoms with E-state index >= 15 is 0 Å². The van der Waals surface area contributed by atoms with Crippen LogP contribution in [0, 0.1) is 5.92 Å². The molecular formula is C13H26IN5O. The van der Waals surface area contributed by atoms with Gasteiger partial charge in [-0.3, -0.25) is 9.67 Å². The van der Waals surface area contributed by atoms with Crippen molar-refractivity contribution in [2.24, 2.45) is 18.0 Å². The molecule has 0 radical (unpaired) electrons. The first kappa shape index (κ1) is 19.2. The van der Waals surface area contributed by atoms with Crippen LogP contribution in [0.5, 0.6) is 0 Å². The lowest BCUT2D eigenvalue weighted by molar-refractivity contribution is 0.114. The van der Waals surface area contributed by atoms with Gasteiger partial charge in [0.05, 0.1) is 18.8 Å². The van der Waals surface area contributed by atoms with Crippen molar-refractivity contribution < 1.29 is 4.74 Å². The number of guanidine groups is 1. The first-order valence-electron chi connectivity index (χ1n) is 6.62. The van der Waals surface area contributed by atoms with Crippen molar-refractivity contribution in [1.29, 1.82) is 0 Å². The molecule has 0 aliphatic rings. The summed E-state index contributed by atoms with van der Waals surface area (Å²) in [6.07, 6.45) is 1.78. The highest BCUT2D eigenvalue weighted by Crippen LogP contribution is 1.94. The van der Waals surface area contributed by atoms with E-state index in [1.807, 2.05) is 17.8 Å². The van der Waals surface area contributed by atoms with Crippen molar-refractivity contribution in [1.82, 2.24) is 20.4 Å². The number of aromatic nitrogens is 2. The van der Waals surface area contributed by atoms with Crippen LogP contribution in [0.25, 0.3) is 0 Å². The van der Waals surface area contributed by atoms with Gasteiger partial charge in [-0.15, -0.1) is 24.0 Å². The third-order valence-corrected chi connectivity index (χ3v) is 2.57. The number of nitrogens with zero attached hydrogens (tertiary/aromatic N) is 3. The minimum atomic E-state index is 0. The fraction of sp³-hybridized carbons (Fsp3) is 0.692. The van der Waals surface area contributed by atoms with Gasteiger partial charge in [0.25, 0.3) is 0 Å². The minimum absolute atomic E-state index is 0. The molecule has 0 amide bonds. The molecule has 0 unspecified atom stereocenters. The van der Waals surface area contributed by atoms with Gasteiger partial charge < -0.3 is 15.4 Å². The van der Waals surface area contributed by atoms with Crippen molar-refractivity contribution in [2.75, 3.05) is 26.8 Å². The van der Waals surface area contributed by atoms with Crippen LogP contribution in [-0.2, 0) is 18.3 Å². The zero-order valence-electron chi connectivity index (χ0n) is 12.7. The molecule has 0 bridgehead atoms. The molecule has 6 nitrogen and oxygen atoms in total. The number of hydrogen-bond acceptors (Lipinski definition) is 3. The zero-order valence-corrected chi connectivity index (χ0v) is 15.0. The van der Waals surface area contributed by atoms with Gasteiger partial charge in [-0.25, -0.2) is 0 Å². The molecule has 1 rings (SSSR count). The van der Waals surface area contributed by atoms with Crippen LogP contribution < -0.4 is 10.6 Å². The molecular weight excluding hydrogens is 369 g/mol. The van der Waals surface area contributed by atoms with Gasteiger partial charge >= 0.3 is 0 Å². The van der Waals surface area contributed by atoms with Gasteiger partial charge in [0, 0.05) is 33.4 Å². The standard InChI is InChI=1S/C13H25N5O.HI/c1-11(2)10-19-8-7-15-13(14-3)16-9-12-5-6-17-18(12)4;/h5-6,11H,7-10H2,1-4H3,(H2,14,15,16);1H. The second-order valence-electron chi connectivity index (χ2n) is 4.77. The summed E-state index contributed by atoms with van der Waals surface area (Å²) >= 11 is 0. The number of aryl methyl sites for hydroxylation is 1. The maximum atomic E-state index is 5.50. The van der Waals surface area contributed by atoms with Crippen molar-refractivity contribution in [3.8, 4) is 0 Å². The highest BCUT2D eigenvalue weighted by Gasteiger charge is 2.01. The summed E-state index contributed by atoms with van der Waals surface area (Å²) in [5.41, 5.74) is 1.11. The van der Waals surface area contributed by atoms with Gasteiger partial charge in [-0.2, -0.15) is 5.10 Å². The van der Waals surface area contributed by atoms with E-state index in [1.54, 1.807) is 13.2 Å². The van der Waals surface area contributed by atoms with Crippen molar-refractivity contribution in [3.63, 3.8) is 0 Å². The maximum Gasteiger partial charge on any atom is 0.191 e. The maximum absolute atomic E-state index is 5.50. The lowest BCUT2D eigenvalue weighted by atomic mass is 10.2. The van der Waals surface area contributed by atoms with Gasteiger partial charge in [0.1, 0.15) is 0 Å². The number of ether oxygens (including phenoxy) is 1. The van der Waals surface area contributed by atoms with Crippen molar-refractivity contribution in [2.45, 2.75) is 20.4 Å². The Bertz CT molecular complexity index is 392. The van der Waals surface area contributed by atoms with Gasteiger partial charge in [-0.1, -0.05) is 13.8 Å². The Morgan fingerprint density at radius 3 is 2.75 bits per heavy atom. The fourth-order valence-electron chi connectivity index (χ4n) is 1.53. The fourth-order valence-corrected chi connectivity index (χ4v) is 1.53. The number of aliphatic imine (C=N–C) groups is 1. The normalized spacial score (nSPS) is 11.3. The van der Waals surface area contributed by atoms with E-state index in [1.165, 1.54) is 0 Å². The molecule has 0 fully saturated rings. The third kappa shape index (κ3) is 7.68. The monoisotopic (exact) mass is 395 g/mol. The van der Waals surface area contributed by atoms with E-state index in [9.17, 15) is 0 Å². The summed E-state index contributed by atoms with van der Waals surface area (Å²) in [5.74, 6) is 1.34. The van der Waals surface area contributed by atoms with E-state index in [2.05, 4.69) is 34.6 Å². The SMILES string of the molecule is CN=C(NCCOCC(C)C)NCc1ccnn1C.I. The lowest BCUT2D eigenvalue weighted by Crippen LogP contribution is -2.39.